The molecule has 0 aliphatic carbocycles. The van der Waals surface area contributed by atoms with Crippen molar-refractivity contribution in [3.05, 3.63) is 41.8 Å². The second kappa shape index (κ2) is 8.34. The molecule has 1 atom stereocenters. The zero-order valence-electron chi connectivity index (χ0n) is 15.0. The lowest BCUT2D eigenvalue weighted by molar-refractivity contribution is 0.0792. The molecule has 1 unspecified atom stereocenters. The van der Waals surface area contributed by atoms with Crippen LogP contribution < -0.4 is 0 Å². The summed E-state index contributed by atoms with van der Waals surface area (Å²) in [6, 6.07) is 5.48. The van der Waals surface area contributed by atoms with Gasteiger partial charge in [-0.1, -0.05) is 25.1 Å². The minimum atomic E-state index is -0.00742. The number of piperidine rings is 1. The fourth-order valence-electron chi connectivity index (χ4n) is 3.20. The summed E-state index contributed by atoms with van der Waals surface area (Å²) in [7, 11) is 0. The number of aryl methyl sites for hydroxylation is 1. The van der Waals surface area contributed by atoms with Gasteiger partial charge in [-0.2, -0.15) is 4.98 Å². The highest BCUT2D eigenvalue weighted by Gasteiger charge is 2.28. The van der Waals surface area contributed by atoms with Crippen LogP contribution in [-0.2, 0) is 13.0 Å². The van der Waals surface area contributed by atoms with Crippen molar-refractivity contribution in [2.45, 2.75) is 46.1 Å². The van der Waals surface area contributed by atoms with Gasteiger partial charge in [-0.05, 0) is 43.9 Å². The molecule has 3 heterocycles. The molecule has 0 radical (unpaired) electrons. The van der Waals surface area contributed by atoms with Crippen LogP contribution in [0.3, 0.4) is 0 Å². The summed E-state index contributed by atoms with van der Waals surface area (Å²) in [6.45, 7) is 6.66. The fraction of sp³-hybridized carbons (Fsp3) is 0.579. The lowest BCUT2D eigenvalue weighted by atomic mass is 9.92. The molecule has 0 N–H and O–H groups in total. The average Bonchev–Trinajstić information content (AvgIpc) is 3.08. The first-order chi connectivity index (χ1) is 12.1. The van der Waals surface area contributed by atoms with Crippen LogP contribution in [-0.4, -0.2) is 38.9 Å². The monoisotopic (exact) mass is 342 g/mol. The van der Waals surface area contributed by atoms with Gasteiger partial charge in [0.2, 0.25) is 5.89 Å². The predicted octanol–water partition coefficient (Wildman–Crippen LogP) is 3.15. The van der Waals surface area contributed by atoms with Crippen molar-refractivity contribution >= 4 is 5.78 Å². The SMILES string of the molecule is CC(C)CCc1noc(CN2CCCC(C(=O)c3ccccn3)C2)n1. The van der Waals surface area contributed by atoms with E-state index in [9.17, 15) is 4.79 Å². The van der Waals surface area contributed by atoms with Gasteiger partial charge in [0.05, 0.1) is 6.54 Å². The van der Waals surface area contributed by atoms with Crippen LogP contribution in [0.1, 0.15) is 55.3 Å². The van der Waals surface area contributed by atoms with E-state index in [0.717, 1.165) is 44.6 Å². The third-order valence-corrected chi connectivity index (χ3v) is 4.61. The lowest BCUT2D eigenvalue weighted by Crippen LogP contribution is -2.38. The van der Waals surface area contributed by atoms with Gasteiger partial charge in [-0.25, -0.2) is 0 Å². The van der Waals surface area contributed by atoms with Crippen LogP contribution >= 0.6 is 0 Å². The number of hydrogen-bond acceptors (Lipinski definition) is 6. The maximum atomic E-state index is 12.6. The Morgan fingerprint density at radius 3 is 3.04 bits per heavy atom. The number of likely N-dealkylation sites (tertiary alicyclic amines) is 1. The molecule has 0 amide bonds. The van der Waals surface area contributed by atoms with Gasteiger partial charge in [0, 0.05) is 25.1 Å². The van der Waals surface area contributed by atoms with Crippen molar-refractivity contribution in [2.75, 3.05) is 13.1 Å². The number of nitrogens with zero attached hydrogens (tertiary/aromatic N) is 4. The molecule has 2 aromatic rings. The Balaban J connectivity index is 1.56. The summed E-state index contributed by atoms with van der Waals surface area (Å²) in [5, 5.41) is 4.07. The van der Waals surface area contributed by atoms with Gasteiger partial charge >= 0.3 is 0 Å². The largest absolute Gasteiger partial charge is 0.338 e. The smallest absolute Gasteiger partial charge is 0.240 e. The average molecular weight is 342 g/mol. The van der Waals surface area contributed by atoms with E-state index < -0.39 is 0 Å². The van der Waals surface area contributed by atoms with Gasteiger partial charge in [0.15, 0.2) is 11.6 Å². The first kappa shape index (κ1) is 17.7. The normalized spacial score (nSPS) is 18.6. The highest BCUT2D eigenvalue weighted by atomic mass is 16.5. The molecule has 134 valence electrons. The van der Waals surface area contributed by atoms with Gasteiger partial charge in [0.25, 0.3) is 0 Å². The lowest BCUT2D eigenvalue weighted by Gasteiger charge is -2.30. The van der Waals surface area contributed by atoms with E-state index in [1.807, 2.05) is 12.1 Å². The summed E-state index contributed by atoms with van der Waals surface area (Å²) in [6.07, 6.45) is 5.49. The number of pyridine rings is 1. The molecule has 0 bridgehead atoms. The molecule has 1 fully saturated rings. The zero-order chi connectivity index (χ0) is 17.6. The Morgan fingerprint density at radius 2 is 2.28 bits per heavy atom. The van der Waals surface area contributed by atoms with E-state index in [0.29, 0.717) is 24.0 Å². The Bertz CT molecular complexity index is 684. The topological polar surface area (TPSA) is 72.1 Å². The standard InChI is InChI=1S/C19H26N4O2/c1-14(2)8-9-17-21-18(25-22-17)13-23-11-5-6-15(12-23)19(24)16-7-3-4-10-20-16/h3-4,7,10,14-15H,5-6,8-9,11-13H2,1-2H3. The highest BCUT2D eigenvalue weighted by molar-refractivity contribution is 5.96. The molecule has 1 aliphatic heterocycles. The summed E-state index contributed by atoms with van der Waals surface area (Å²) in [5.41, 5.74) is 0.558. The molecule has 2 aromatic heterocycles. The second-order valence-corrected chi connectivity index (χ2v) is 7.19. The number of carbonyl (C=O) groups is 1. The Kier molecular flexibility index (Phi) is 5.91. The van der Waals surface area contributed by atoms with Crippen LogP contribution in [0.2, 0.25) is 0 Å². The van der Waals surface area contributed by atoms with Crippen molar-refractivity contribution in [2.24, 2.45) is 11.8 Å². The van der Waals surface area contributed by atoms with Crippen LogP contribution in [0.5, 0.6) is 0 Å². The van der Waals surface area contributed by atoms with Crippen LogP contribution in [0, 0.1) is 11.8 Å². The summed E-state index contributed by atoms with van der Waals surface area (Å²) in [5.74, 6) is 2.18. The molecular formula is C19H26N4O2. The second-order valence-electron chi connectivity index (χ2n) is 7.19. The maximum Gasteiger partial charge on any atom is 0.240 e. The van der Waals surface area contributed by atoms with E-state index in [-0.39, 0.29) is 11.7 Å². The molecule has 0 aromatic carbocycles. The molecular weight excluding hydrogens is 316 g/mol. The van der Waals surface area contributed by atoms with Gasteiger partial charge < -0.3 is 4.52 Å². The molecule has 6 nitrogen and oxygen atoms in total. The molecule has 1 aliphatic rings. The molecule has 0 saturated carbocycles. The highest BCUT2D eigenvalue weighted by Crippen LogP contribution is 2.21. The number of rotatable bonds is 7. The van der Waals surface area contributed by atoms with Crippen molar-refractivity contribution in [1.82, 2.24) is 20.0 Å². The Hall–Kier alpha value is -2.08. The molecule has 1 saturated heterocycles. The molecule has 3 rings (SSSR count). The zero-order valence-corrected chi connectivity index (χ0v) is 15.0. The molecule has 0 spiro atoms. The third-order valence-electron chi connectivity index (χ3n) is 4.61. The number of Topliss-reactive ketones (excluding diaryl/α,β-unsaturated/α-hetero) is 1. The Morgan fingerprint density at radius 1 is 1.40 bits per heavy atom. The molecule has 25 heavy (non-hydrogen) atoms. The number of carbonyl (C=O) groups excluding carboxylic acids is 1. The summed E-state index contributed by atoms with van der Waals surface area (Å²) >= 11 is 0. The fourth-order valence-corrected chi connectivity index (χ4v) is 3.20. The van der Waals surface area contributed by atoms with Crippen molar-refractivity contribution in [3.8, 4) is 0 Å². The number of aromatic nitrogens is 3. The first-order valence-corrected chi connectivity index (χ1v) is 9.11. The van der Waals surface area contributed by atoms with Crippen LogP contribution in [0.4, 0.5) is 0 Å². The minimum Gasteiger partial charge on any atom is -0.338 e. The quantitative estimate of drug-likeness (QED) is 0.720. The van der Waals surface area contributed by atoms with E-state index in [4.69, 9.17) is 4.52 Å². The van der Waals surface area contributed by atoms with Crippen LogP contribution in [0.15, 0.2) is 28.9 Å². The van der Waals surface area contributed by atoms with Gasteiger partial charge in [0.1, 0.15) is 5.69 Å². The van der Waals surface area contributed by atoms with Gasteiger partial charge in [-0.15, -0.1) is 0 Å². The minimum absolute atomic E-state index is 0.00742. The third kappa shape index (κ3) is 4.95. The van der Waals surface area contributed by atoms with E-state index in [2.05, 4.69) is 33.9 Å². The van der Waals surface area contributed by atoms with Gasteiger partial charge in [-0.3, -0.25) is 14.7 Å². The first-order valence-electron chi connectivity index (χ1n) is 9.11. The van der Waals surface area contributed by atoms with Crippen molar-refractivity contribution in [1.29, 1.82) is 0 Å². The van der Waals surface area contributed by atoms with Crippen molar-refractivity contribution < 1.29 is 9.32 Å². The van der Waals surface area contributed by atoms with Crippen molar-refractivity contribution in [3.63, 3.8) is 0 Å². The van der Waals surface area contributed by atoms with E-state index in [1.165, 1.54) is 0 Å². The maximum absolute atomic E-state index is 12.6. The summed E-state index contributed by atoms with van der Waals surface area (Å²) < 4.78 is 5.38. The predicted molar refractivity (Wildman–Crippen MR) is 94.0 cm³/mol. The number of ketones is 1. The van der Waals surface area contributed by atoms with Crippen LogP contribution in [0.25, 0.3) is 0 Å². The Labute approximate surface area is 148 Å². The number of hydrogen-bond donors (Lipinski definition) is 0. The summed E-state index contributed by atoms with van der Waals surface area (Å²) in [4.78, 5) is 23.5. The molecule has 6 heteroatoms. The van der Waals surface area contributed by atoms with E-state index in [1.54, 1.807) is 12.3 Å². The van der Waals surface area contributed by atoms with E-state index >= 15 is 0 Å².